The van der Waals surface area contributed by atoms with E-state index in [4.69, 9.17) is 4.74 Å². The Balaban J connectivity index is 1.65. The molecule has 0 spiro atoms. The van der Waals surface area contributed by atoms with Crippen molar-refractivity contribution in [1.82, 2.24) is 4.98 Å². The van der Waals surface area contributed by atoms with Crippen LogP contribution in [0.25, 0.3) is 0 Å². The zero-order valence-electron chi connectivity index (χ0n) is 13.5. The first-order chi connectivity index (χ1) is 12.1. The quantitative estimate of drug-likeness (QED) is 0.660. The smallest absolute Gasteiger partial charge is 0.272 e. The lowest BCUT2D eigenvalue weighted by Crippen LogP contribution is -2.12. The Kier molecular flexibility index (Phi) is 5.20. The van der Waals surface area contributed by atoms with Crippen LogP contribution in [0.15, 0.2) is 64.3 Å². The third kappa shape index (κ3) is 4.28. The first-order valence-corrected chi connectivity index (χ1v) is 9.83. The summed E-state index contributed by atoms with van der Waals surface area (Å²) >= 11 is 1.16. The van der Waals surface area contributed by atoms with Crippen molar-refractivity contribution >= 4 is 32.9 Å². The predicted molar refractivity (Wildman–Crippen MR) is 99.7 cm³/mol. The van der Waals surface area contributed by atoms with E-state index in [-0.39, 0.29) is 10.0 Å². The monoisotopic (exact) mass is 375 g/mol. The average molecular weight is 375 g/mol. The maximum atomic E-state index is 12.2. The number of rotatable bonds is 7. The molecule has 2 aromatic heterocycles. The molecule has 6 nitrogen and oxygen atoms in total. The van der Waals surface area contributed by atoms with Crippen molar-refractivity contribution in [3.05, 3.63) is 65.7 Å². The van der Waals surface area contributed by atoms with Crippen molar-refractivity contribution in [2.45, 2.75) is 10.8 Å². The molecule has 2 N–H and O–H groups in total. The zero-order chi connectivity index (χ0) is 17.7. The number of benzene rings is 1. The molecule has 0 unspecified atom stereocenters. The molecular weight excluding hydrogens is 358 g/mol. The molecule has 0 aliphatic rings. The van der Waals surface area contributed by atoms with Gasteiger partial charge < -0.3 is 10.1 Å². The fraction of sp³-hybridized carbons (Fsp3) is 0.118. The number of aromatic nitrogens is 1. The van der Waals surface area contributed by atoms with Gasteiger partial charge in [0.2, 0.25) is 0 Å². The molecule has 25 heavy (non-hydrogen) atoms. The fourth-order valence-electron chi connectivity index (χ4n) is 2.21. The van der Waals surface area contributed by atoms with E-state index in [0.717, 1.165) is 28.3 Å². The van der Waals surface area contributed by atoms with Gasteiger partial charge in [-0.3, -0.25) is 4.72 Å². The minimum Gasteiger partial charge on any atom is -0.496 e. The largest absolute Gasteiger partial charge is 0.496 e. The molecule has 3 aromatic rings. The van der Waals surface area contributed by atoms with E-state index in [1.165, 1.54) is 0 Å². The Hall–Kier alpha value is -2.58. The Morgan fingerprint density at radius 3 is 2.64 bits per heavy atom. The van der Waals surface area contributed by atoms with Gasteiger partial charge in [-0.1, -0.05) is 24.3 Å². The van der Waals surface area contributed by atoms with Crippen LogP contribution in [0.2, 0.25) is 0 Å². The summed E-state index contributed by atoms with van der Waals surface area (Å²) in [6.07, 6.45) is 1.59. The van der Waals surface area contributed by atoms with E-state index in [2.05, 4.69) is 15.0 Å². The molecule has 1 aromatic carbocycles. The van der Waals surface area contributed by atoms with Crippen LogP contribution in [0, 0.1) is 0 Å². The van der Waals surface area contributed by atoms with Crippen LogP contribution < -0.4 is 14.8 Å². The van der Waals surface area contributed by atoms with Crippen molar-refractivity contribution in [1.29, 1.82) is 0 Å². The maximum absolute atomic E-state index is 12.2. The molecule has 3 rings (SSSR count). The highest BCUT2D eigenvalue weighted by Crippen LogP contribution is 2.21. The van der Waals surface area contributed by atoms with Crippen molar-refractivity contribution in [3.8, 4) is 5.75 Å². The maximum Gasteiger partial charge on any atom is 0.272 e. The molecule has 8 heteroatoms. The molecule has 0 amide bonds. The number of para-hydroxylation sites is 1. The molecule has 0 saturated carbocycles. The summed E-state index contributed by atoms with van der Waals surface area (Å²) in [5, 5.41) is 4.95. The highest BCUT2D eigenvalue weighted by molar-refractivity contribution is 7.94. The summed E-state index contributed by atoms with van der Waals surface area (Å²) in [7, 11) is -1.94. The Morgan fingerprint density at radius 1 is 1.12 bits per heavy atom. The SMILES string of the molecule is COc1ccccc1CNc1ccc(NS(=O)(=O)c2cccs2)nc1. The number of methoxy groups -OCH3 is 1. The number of pyridine rings is 1. The molecule has 0 fully saturated rings. The fourth-order valence-corrected chi connectivity index (χ4v) is 4.21. The van der Waals surface area contributed by atoms with E-state index in [0.29, 0.717) is 6.54 Å². The van der Waals surface area contributed by atoms with Gasteiger partial charge in [0.25, 0.3) is 10.0 Å². The summed E-state index contributed by atoms with van der Waals surface area (Å²) in [4.78, 5) is 4.15. The molecular formula is C17H17N3O3S2. The summed E-state index contributed by atoms with van der Waals surface area (Å²) in [5.41, 5.74) is 1.80. The number of anilines is 2. The van der Waals surface area contributed by atoms with E-state index in [1.54, 1.807) is 43.0 Å². The minimum atomic E-state index is -3.58. The number of ether oxygens (including phenoxy) is 1. The van der Waals surface area contributed by atoms with E-state index in [1.807, 2.05) is 24.3 Å². The van der Waals surface area contributed by atoms with Crippen LogP contribution in [0.4, 0.5) is 11.5 Å². The standard InChI is InChI=1S/C17H17N3O3S2/c1-23-15-6-3-2-5-13(15)11-18-14-8-9-16(19-12-14)20-25(21,22)17-7-4-10-24-17/h2-10,12,18H,11H2,1H3,(H,19,20). The number of sulfonamides is 1. The van der Waals surface area contributed by atoms with Gasteiger partial charge >= 0.3 is 0 Å². The summed E-state index contributed by atoms with van der Waals surface area (Å²) in [5.74, 6) is 1.08. The average Bonchev–Trinajstić information content (AvgIpc) is 3.17. The molecule has 2 heterocycles. The van der Waals surface area contributed by atoms with Crippen LogP contribution in [0.5, 0.6) is 5.75 Å². The van der Waals surface area contributed by atoms with Crippen molar-refractivity contribution < 1.29 is 13.2 Å². The summed E-state index contributed by atoms with van der Waals surface area (Å²) in [6.45, 7) is 0.575. The van der Waals surface area contributed by atoms with Crippen LogP contribution in [-0.2, 0) is 16.6 Å². The number of hydrogen-bond donors (Lipinski definition) is 2. The van der Waals surface area contributed by atoms with Gasteiger partial charge in [0.1, 0.15) is 15.8 Å². The van der Waals surface area contributed by atoms with Gasteiger partial charge in [-0.05, 0) is 29.6 Å². The van der Waals surface area contributed by atoms with Crippen LogP contribution in [0.1, 0.15) is 5.56 Å². The number of nitrogens with zero attached hydrogens (tertiary/aromatic N) is 1. The van der Waals surface area contributed by atoms with Gasteiger partial charge in [0.15, 0.2) is 0 Å². The van der Waals surface area contributed by atoms with Gasteiger partial charge in [-0.15, -0.1) is 11.3 Å². The Bertz CT molecular complexity index is 924. The third-order valence-corrected chi connectivity index (χ3v) is 6.19. The van der Waals surface area contributed by atoms with Crippen LogP contribution in [-0.4, -0.2) is 20.5 Å². The Labute approximate surface area is 150 Å². The van der Waals surface area contributed by atoms with E-state index >= 15 is 0 Å². The third-order valence-electron chi connectivity index (χ3n) is 3.44. The second kappa shape index (κ2) is 7.54. The Morgan fingerprint density at radius 2 is 1.96 bits per heavy atom. The second-order valence-corrected chi connectivity index (χ2v) is 7.99. The zero-order valence-corrected chi connectivity index (χ0v) is 15.1. The highest BCUT2D eigenvalue weighted by atomic mass is 32.2. The summed E-state index contributed by atoms with van der Waals surface area (Å²) < 4.78 is 32.3. The van der Waals surface area contributed by atoms with Crippen molar-refractivity contribution in [3.63, 3.8) is 0 Å². The van der Waals surface area contributed by atoms with Crippen LogP contribution >= 0.6 is 11.3 Å². The second-order valence-electron chi connectivity index (χ2n) is 5.14. The first kappa shape index (κ1) is 17.2. The first-order valence-electron chi connectivity index (χ1n) is 7.46. The predicted octanol–water partition coefficient (Wildman–Crippen LogP) is 3.56. The topological polar surface area (TPSA) is 80.3 Å². The summed E-state index contributed by atoms with van der Waals surface area (Å²) in [6, 6.07) is 14.4. The van der Waals surface area contributed by atoms with E-state index < -0.39 is 10.0 Å². The van der Waals surface area contributed by atoms with Crippen molar-refractivity contribution in [2.24, 2.45) is 0 Å². The van der Waals surface area contributed by atoms with Crippen LogP contribution in [0.3, 0.4) is 0 Å². The van der Waals surface area contributed by atoms with Gasteiger partial charge in [0, 0.05) is 12.1 Å². The molecule has 0 bridgehead atoms. The van der Waals surface area contributed by atoms with Gasteiger partial charge in [0.05, 0.1) is 19.0 Å². The highest BCUT2D eigenvalue weighted by Gasteiger charge is 2.15. The molecule has 0 aliphatic heterocycles. The lowest BCUT2D eigenvalue weighted by Gasteiger charge is -2.11. The molecule has 130 valence electrons. The number of nitrogens with one attached hydrogen (secondary N) is 2. The number of hydrogen-bond acceptors (Lipinski definition) is 6. The molecule has 0 atom stereocenters. The molecule has 0 saturated heterocycles. The van der Waals surface area contributed by atoms with Crippen molar-refractivity contribution in [2.75, 3.05) is 17.1 Å². The lowest BCUT2D eigenvalue weighted by molar-refractivity contribution is 0.410. The normalized spacial score (nSPS) is 11.1. The van der Waals surface area contributed by atoms with E-state index in [9.17, 15) is 8.42 Å². The van der Waals surface area contributed by atoms with Gasteiger partial charge in [-0.2, -0.15) is 0 Å². The number of thiophene rings is 1. The lowest BCUT2D eigenvalue weighted by atomic mass is 10.2. The minimum absolute atomic E-state index is 0.257. The molecule has 0 aliphatic carbocycles. The molecule has 0 radical (unpaired) electrons. The van der Waals surface area contributed by atoms with Gasteiger partial charge in [-0.25, -0.2) is 13.4 Å².